The molecule has 2 aromatic carbocycles. The first-order valence-corrected chi connectivity index (χ1v) is 13.6. The first kappa shape index (κ1) is 33.7. The van der Waals surface area contributed by atoms with Gasteiger partial charge in [-0.1, -0.05) is 13.3 Å². The van der Waals surface area contributed by atoms with Crippen molar-refractivity contribution in [3.05, 3.63) is 52.6 Å². The number of amides is 2. The van der Waals surface area contributed by atoms with Gasteiger partial charge in [0.15, 0.2) is 11.5 Å². The van der Waals surface area contributed by atoms with Gasteiger partial charge in [-0.15, -0.1) is 0 Å². The van der Waals surface area contributed by atoms with E-state index in [4.69, 9.17) is 18.9 Å². The van der Waals surface area contributed by atoms with Crippen molar-refractivity contribution in [2.45, 2.75) is 71.0 Å². The predicted molar refractivity (Wildman–Crippen MR) is 144 cm³/mol. The molecule has 0 spiro atoms. The van der Waals surface area contributed by atoms with Crippen LogP contribution in [-0.4, -0.2) is 50.6 Å². The molecule has 0 saturated heterocycles. The standard InChI is InChI=1S/C29H34F6N2O6/c1-6-8-9-43-25-15-23-21(14-24(25)40-4)22(10-17(3)37(23)27(39)42-7-2)36(26(38)41-5)16-18-11-19(28(30,31)32)13-20(12-18)29(33,34)35/h11-15,17,22H,6-10,16H2,1-5H3/t17-,22+/m1/s1. The minimum absolute atomic E-state index is 0.0200. The Labute approximate surface area is 245 Å². The lowest BCUT2D eigenvalue weighted by Crippen LogP contribution is -2.47. The third-order valence-corrected chi connectivity index (χ3v) is 6.94. The van der Waals surface area contributed by atoms with Gasteiger partial charge < -0.3 is 18.9 Å². The molecule has 0 fully saturated rings. The highest BCUT2D eigenvalue weighted by atomic mass is 19.4. The summed E-state index contributed by atoms with van der Waals surface area (Å²) in [5, 5.41) is 0. The topological polar surface area (TPSA) is 77.5 Å². The SMILES string of the molecule is CCCCOc1cc2c(cc1OC)[C@@H](N(Cc1cc(C(F)(F)F)cc(C(F)(F)F)c1)C(=O)OC)C[C@@H](C)N2C(=O)OCC. The maximum atomic E-state index is 13.6. The van der Waals surface area contributed by atoms with E-state index in [0.717, 1.165) is 24.9 Å². The van der Waals surface area contributed by atoms with Gasteiger partial charge in [-0.2, -0.15) is 26.3 Å². The summed E-state index contributed by atoms with van der Waals surface area (Å²) in [5.41, 5.74) is -2.82. The monoisotopic (exact) mass is 620 g/mol. The number of hydrogen-bond acceptors (Lipinski definition) is 6. The van der Waals surface area contributed by atoms with Crippen LogP contribution in [0.5, 0.6) is 11.5 Å². The van der Waals surface area contributed by atoms with Gasteiger partial charge >= 0.3 is 24.5 Å². The van der Waals surface area contributed by atoms with E-state index in [1.165, 1.54) is 18.1 Å². The number of halogens is 6. The summed E-state index contributed by atoms with van der Waals surface area (Å²) >= 11 is 0. The predicted octanol–water partition coefficient (Wildman–Crippen LogP) is 7.98. The molecule has 0 unspecified atom stereocenters. The van der Waals surface area contributed by atoms with Crippen molar-refractivity contribution >= 4 is 17.9 Å². The van der Waals surface area contributed by atoms with Gasteiger partial charge in [0.05, 0.1) is 50.3 Å². The van der Waals surface area contributed by atoms with Crippen molar-refractivity contribution in [2.24, 2.45) is 0 Å². The largest absolute Gasteiger partial charge is 0.493 e. The first-order valence-electron chi connectivity index (χ1n) is 13.6. The third kappa shape index (κ3) is 7.77. The van der Waals surface area contributed by atoms with Crippen molar-refractivity contribution in [1.82, 2.24) is 4.90 Å². The van der Waals surface area contributed by atoms with E-state index in [-0.39, 0.29) is 30.5 Å². The maximum absolute atomic E-state index is 13.6. The van der Waals surface area contributed by atoms with Crippen LogP contribution < -0.4 is 14.4 Å². The molecule has 1 aliphatic rings. The number of hydrogen-bond donors (Lipinski definition) is 0. The Morgan fingerprint density at radius 1 is 0.953 bits per heavy atom. The molecule has 2 amide bonds. The minimum Gasteiger partial charge on any atom is -0.493 e. The average Bonchev–Trinajstić information content (AvgIpc) is 2.94. The third-order valence-electron chi connectivity index (χ3n) is 6.94. The molecular weight excluding hydrogens is 586 g/mol. The quantitative estimate of drug-likeness (QED) is 0.209. The second-order valence-electron chi connectivity index (χ2n) is 9.95. The molecule has 0 saturated carbocycles. The number of alkyl halides is 6. The molecule has 0 aliphatic carbocycles. The number of ether oxygens (including phenoxy) is 4. The number of benzene rings is 2. The minimum atomic E-state index is -5.07. The molecule has 2 aromatic rings. The van der Waals surface area contributed by atoms with Crippen molar-refractivity contribution < 1.29 is 54.9 Å². The zero-order valence-corrected chi connectivity index (χ0v) is 24.4. The summed E-state index contributed by atoms with van der Waals surface area (Å²) in [4.78, 5) is 28.5. The highest BCUT2D eigenvalue weighted by molar-refractivity contribution is 5.91. The number of methoxy groups -OCH3 is 2. The van der Waals surface area contributed by atoms with Crippen LogP contribution in [0.4, 0.5) is 41.6 Å². The van der Waals surface area contributed by atoms with Crippen LogP contribution in [0.25, 0.3) is 0 Å². The Kier molecular flexibility index (Phi) is 10.7. The number of rotatable bonds is 9. The van der Waals surface area contributed by atoms with E-state index >= 15 is 0 Å². The summed E-state index contributed by atoms with van der Waals surface area (Å²) in [6.45, 7) is 5.04. The smallest absolute Gasteiger partial charge is 0.416 e. The van der Waals surface area contributed by atoms with Gasteiger partial charge in [-0.05, 0) is 56.5 Å². The molecule has 238 valence electrons. The lowest BCUT2D eigenvalue weighted by Gasteiger charge is -2.42. The number of nitrogens with zero attached hydrogens (tertiary/aromatic N) is 2. The Morgan fingerprint density at radius 2 is 1.58 bits per heavy atom. The molecule has 1 heterocycles. The van der Waals surface area contributed by atoms with Crippen LogP contribution in [0, 0.1) is 0 Å². The fourth-order valence-electron chi connectivity index (χ4n) is 4.93. The number of fused-ring (bicyclic) bond motifs is 1. The molecule has 3 rings (SSSR count). The first-order chi connectivity index (χ1) is 20.2. The summed E-state index contributed by atoms with van der Waals surface area (Å²) in [6.07, 6.45) is -10.2. The zero-order chi connectivity index (χ0) is 32.1. The van der Waals surface area contributed by atoms with Crippen LogP contribution in [0.2, 0.25) is 0 Å². The van der Waals surface area contributed by atoms with E-state index < -0.39 is 59.9 Å². The summed E-state index contributed by atoms with van der Waals surface area (Å²) in [5.74, 6) is 0.552. The van der Waals surface area contributed by atoms with Crippen molar-refractivity contribution in [1.29, 1.82) is 0 Å². The van der Waals surface area contributed by atoms with Crippen molar-refractivity contribution in [3.63, 3.8) is 0 Å². The molecule has 2 atom stereocenters. The summed E-state index contributed by atoms with van der Waals surface area (Å²) < 4.78 is 103. The van der Waals surface area contributed by atoms with Crippen LogP contribution in [0.1, 0.15) is 68.3 Å². The normalized spacial score (nSPS) is 16.8. The van der Waals surface area contributed by atoms with Gasteiger partial charge in [-0.25, -0.2) is 9.59 Å². The second kappa shape index (κ2) is 13.6. The fraction of sp³-hybridized carbons (Fsp3) is 0.517. The van der Waals surface area contributed by atoms with Gasteiger partial charge in [0.1, 0.15) is 0 Å². The molecule has 0 aromatic heterocycles. The lowest BCUT2D eigenvalue weighted by molar-refractivity contribution is -0.143. The number of anilines is 1. The highest BCUT2D eigenvalue weighted by Crippen LogP contribution is 2.47. The lowest BCUT2D eigenvalue weighted by atomic mass is 9.90. The Bertz CT molecular complexity index is 1270. The maximum Gasteiger partial charge on any atom is 0.416 e. The van der Waals surface area contributed by atoms with Crippen molar-refractivity contribution in [2.75, 3.05) is 32.3 Å². The molecule has 43 heavy (non-hydrogen) atoms. The van der Waals surface area contributed by atoms with Crippen LogP contribution in [0.3, 0.4) is 0 Å². The molecule has 14 heteroatoms. The van der Waals surface area contributed by atoms with E-state index in [1.807, 2.05) is 6.92 Å². The zero-order valence-electron chi connectivity index (χ0n) is 24.4. The van der Waals surface area contributed by atoms with Crippen LogP contribution in [-0.2, 0) is 28.4 Å². The molecule has 0 bridgehead atoms. The van der Waals surface area contributed by atoms with Gasteiger partial charge in [-0.3, -0.25) is 9.80 Å². The summed E-state index contributed by atoms with van der Waals surface area (Å²) in [7, 11) is 2.43. The fourth-order valence-corrected chi connectivity index (χ4v) is 4.93. The Hall–Kier alpha value is -3.84. The Balaban J connectivity index is 2.20. The molecule has 0 radical (unpaired) electrons. The number of carbonyl (C=O) groups is 2. The van der Waals surface area contributed by atoms with Gasteiger partial charge in [0.25, 0.3) is 0 Å². The van der Waals surface area contributed by atoms with Gasteiger partial charge in [0.2, 0.25) is 0 Å². The van der Waals surface area contributed by atoms with E-state index in [1.54, 1.807) is 19.9 Å². The highest BCUT2D eigenvalue weighted by Gasteiger charge is 2.41. The summed E-state index contributed by atoms with van der Waals surface area (Å²) in [6, 6.07) is 2.65. The van der Waals surface area contributed by atoms with E-state index in [2.05, 4.69) is 0 Å². The Morgan fingerprint density at radius 3 is 2.09 bits per heavy atom. The second-order valence-corrected chi connectivity index (χ2v) is 9.95. The van der Waals surface area contributed by atoms with Gasteiger partial charge in [0, 0.05) is 24.2 Å². The number of unbranched alkanes of at least 4 members (excludes halogenated alkanes) is 1. The van der Waals surface area contributed by atoms with Crippen LogP contribution in [0.15, 0.2) is 30.3 Å². The van der Waals surface area contributed by atoms with Crippen molar-refractivity contribution in [3.8, 4) is 11.5 Å². The van der Waals surface area contributed by atoms with Crippen LogP contribution >= 0.6 is 0 Å². The molecular formula is C29H34F6N2O6. The molecule has 1 aliphatic heterocycles. The van der Waals surface area contributed by atoms with E-state index in [9.17, 15) is 35.9 Å². The molecule has 8 nitrogen and oxygen atoms in total. The average molecular weight is 621 g/mol. The number of carbonyl (C=O) groups excluding carboxylic acids is 2. The molecule has 0 N–H and O–H groups in total. The van der Waals surface area contributed by atoms with E-state index in [0.29, 0.717) is 30.1 Å².